The second-order valence-electron chi connectivity index (χ2n) is 2.75. The summed E-state index contributed by atoms with van der Waals surface area (Å²) < 4.78 is 14.7. The molecule has 1 saturated heterocycles. The van der Waals surface area contributed by atoms with E-state index in [9.17, 15) is 9.36 Å². The van der Waals surface area contributed by atoms with Gasteiger partial charge in [0.2, 0.25) is 0 Å². The Hall–Kier alpha value is -0.460. The van der Waals surface area contributed by atoms with E-state index in [-0.39, 0.29) is 13.0 Å². The Labute approximate surface area is 74.0 Å². The number of hydrogen-bond acceptors (Lipinski definition) is 4. The van der Waals surface area contributed by atoms with E-state index in [4.69, 9.17) is 14.9 Å². The number of hydrogen-bond donors (Lipinski definition) is 4. The number of rotatable bonds is 3. The third kappa shape index (κ3) is 3.41. The number of aliphatic carboxylic acids is 1. The molecule has 0 radical (unpaired) electrons. The van der Waals surface area contributed by atoms with Gasteiger partial charge in [-0.1, -0.05) is 0 Å². The number of carbonyl (C=O) groups is 1. The highest BCUT2D eigenvalue weighted by molar-refractivity contribution is 7.46. The first-order valence-corrected chi connectivity index (χ1v) is 5.11. The lowest BCUT2D eigenvalue weighted by atomic mass is 10.2. The van der Waals surface area contributed by atoms with Crippen molar-refractivity contribution in [2.75, 3.05) is 6.54 Å². The Morgan fingerprint density at radius 2 is 2.15 bits per heavy atom. The quantitative estimate of drug-likeness (QED) is 0.438. The van der Waals surface area contributed by atoms with Crippen LogP contribution < -0.4 is 5.32 Å². The van der Waals surface area contributed by atoms with Crippen LogP contribution in [0.15, 0.2) is 0 Å². The highest BCUT2D eigenvalue weighted by Crippen LogP contribution is 2.39. The number of nitrogens with one attached hydrogen (secondary N) is 1. The van der Waals surface area contributed by atoms with Gasteiger partial charge in [0, 0.05) is 13.0 Å². The van der Waals surface area contributed by atoms with Crippen LogP contribution in [-0.4, -0.2) is 39.6 Å². The van der Waals surface area contributed by atoms with Crippen LogP contribution >= 0.6 is 7.82 Å². The molecule has 0 bridgehead atoms. The smallest absolute Gasteiger partial charge is 0.469 e. The Morgan fingerprint density at radius 1 is 1.54 bits per heavy atom. The molecule has 1 rings (SSSR count). The zero-order chi connectivity index (χ0) is 10.1. The fraction of sp³-hybridized carbons (Fsp3) is 0.800. The van der Waals surface area contributed by atoms with E-state index in [1.807, 2.05) is 0 Å². The average Bonchev–Trinajstić information content (AvgIpc) is 2.31. The minimum atomic E-state index is -4.50. The zero-order valence-electron chi connectivity index (χ0n) is 6.58. The molecule has 76 valence electrons. The van der Waals surface area contributed by atoms with E-state index in [2.05, 4.69) is 9.84 Å². The Bertz CT molecular complexity index is 249. The van der Waals surface area contributed by atoms with Crippen LogP contribution in [0.4, 0.5) is 0 Å². The average molecular weight is 211 g/mol. The Morgan fingerprint density at radius 3 is 2.54 bits per heavy atom. The third-order valence-corrected chi connectivity index (χ3v) is 2.25. The predicted molar refractivity (Wildman–Crippen MR) is 41.0 cm³/mol. The van der Waals surface area contributed by atoms with Crippen molar-refractivity contribution in [1.29, 1.82) is 0 Å². The minimum Gasteiger partial charge on any atom is -0.480 e. The second kappa shape index (κ2) is 3.73. The summed E-state index contributed by atoms with van der Waals surface area (Å²) in [5.41, 5.74) is 0. The molecule has 0 aromatic carbocycles. The molecule has 1 heterocycles. The molecule has 0 unspecified atom stereocenters. The lowest BCUT2D eigenvalue weighted by Crippen LogP contribution is -2.29. The molecule has 0 aliphatic carbocycles. The first-order chi connectivity index (χ1) is 5.88. The molecular formula is C5H10NO6P. The maximum atomic E-state index is 10.4. The van der Waals surface area contributed by atoms with E-state index < -0.39 is 25.9 Å². The zero-order valence-corrected chi connectivity index (χ0v) is 7.48. The molecule has 0 aromatic heterocycles. The first kappa shape index (κ1) is 10.6. The molecule has 4 N–H and O–H groups in total. The number of phosphoric ester groups is 1. The maximum Gasteiger partial charge on any atom is 0.469 e. The van der Waals surface area contributed by atoms with E-state index in [0.29, 0.717) is 0 Å². The summed E-state index contributed by atoms with van der Waals surface area (Å²) in [5, 5.41) is 11.1. The van der Waals surface area contributed by atoms with Gasteiger partial charge in [-0.2, -0.15) is 0 Å². The summed E-state index contributed by atoms with van der Waals surface area (Å²) in [4.78, 5) is 27.2. The molecule has 8 heteroatoms. The van der Waals surface area contributed by atoms with Crippen molar-refractivity contribution in [3.05, 3.63) is 0 Å². The normalized spacial score (nSPS) is 29.1. The molecule has 7 nitrogen and oxygen atoms in total. The van der Waals surface area contributed by atoms with Crippen molar-refractivity contribution < 1.29 is 28.8 Å². The van der Waals surface area contributed by atoms with E-state index in [1.165, 1.54) is 0 Å². The van der Waals surface area contributed by atoms with Crippen LogP contribution in [0, 0.1) is 0 Å². The van der Waals surface area contributed by atoms with Crippen LogP contribution in [-0.2, 0) is 13.9 Å². The molecule has 1 aliphatic rings. The SMILES string of the molecule is O=C(O)[C@@H]1C[C@H](OP(=O)(O)O)CN1. The van der Waals surface area contributed by atoms with E-state index >= 15 is 0 Å². The van der Waals surface area contributed by atoms with E-state index in [0.717, 1.165) is 0 Å². The highest BCUT2D eigenvalue weighted by Gasteiger charge is 2.33. The third-order valence-electron chi connectivity index (χ3n) is 1.67. The topological polar surface area (TPSA) is 116 Å². The summed E-state index contributed by atoms with van der Waals surface area (Å²) in [6.07, 6.45) is -0.664. The van der Waals surface area contributed by atoms with Gasteiger partial charge in [0.15, 0.2) is 0 Å². The number of carboxylic acid groups (broad SMARTS) is 1. The molecule has 1 aliphatic heterocycles. The van der Waals surface area contributed by atoms with Crippen LogP contribution in [0.1, 0.15) is 6.42 Å². The van der Waals surface area contributed by atoms with Crippen LogP contribution in [0.2, 0.25) is 0 Å². The number of phosphoric acid groups is 1. The fourth-order valence-corrected chi connectivity index (χ4v) is 1.71. The van der Waals surface area contributed by atoms with Gasteiger partial charge in [0.05, 0.1) is 6.10 Å². The van der Waals surface area contributed by atoms with Gasteiger partial charge in [-0.15, -0.1) is 0 Å². The molecule has 0 spiro atoms. The lowest BCUT2D eigenvalue weighted by Gasteiger charge is -2.10. The molecule has 0 aromatic rings. The molecule has 0 saturated carbocycles. The van der Waals surface area contributed by atoms with Crippen LogP contribution in [0.5, 0.6) is 0 Å². The summed E-state index contributed by atoms with van der Waals surface area (Å²) >= 11 is 0. The first-order valence-electron chi connectivity index (χ1n) is 3.58. The van der Waals surface area contributed by atoms with E-state index in [1.54, 1.807) is 0 Å². The van der Waals surface area contributed by atoms with Gasteiger partial charge < -0.3 is 20.2 Å². The van der Waals surface area contributed by atoms with Gasteiger partial charge >= 0.3 is 13.8 Å². The van der Waals surface area contributed by atoms with Crippen molar-refractivity contribution in [2.45, 2.75) is 18.6 Å². The standard InChI is InChI=1S/C5H10NO6P/c7-5(8)4-1-3(2-6-4)12-13(9,10)11/h3-4,6H,1-2H2,(H,7,8)(H2,9,10,11)/t3-,4-/m0/s1. The van der Waals surface area contributed by atoms with Crippen LogP contribution in [0.25, 0.3) is 0 Å². The predicted octanol–water partition coefficient (Wildman–Crippen LogP) is -1.09. The fourth-order valence-electron chi connectivity index (χ4n) is 1.17. The second-order valence-corrected chi connectivity index (χ2v) is 3.94. The van der Waals surface area contributed by atoms with Crippen LogP contribution in [0.3, 0.4) is 0 Å². The van der Waals surface area contributed by atoms with Gasteiger partial charge in [-0.3, -0.25) is 9.32 Å². The maximum absolute atomic E-state index is 10.4. The Balaban J connectivity index is 2.42. The largest absolute Gasteiger partial charge is 0.480 e. The van der Waals surface area contributed by atoms with Crippen molar-refractivity contribution in [1.82, 2.24) is 5.32 Å². The lowest BCUT2D eigenvalue weighted by molar-refractivity contribution is -0.139. The van der Waals surface area contributed by atoms with Crippen molar-refractivity contribution in [3.8, 4) is 0 Å². The van der Waals surface area contributed by atoms with Crippen molar-refractivity contribution >= 4 is 13.8 Å². The van der Waals surface area contributed by atoms with Gasteiger partial charge in [0.25, 0.3) is 0 Å². The van der Waals surface area contributed by atoms with Crippen molar-refractivity contribution in [2.24, 2.45) is 0 Å². The summed E-state index contributed by atoms with van der Waals surface area (Å²) in [6, 6.07) is -0.781. The van der Waals surface area contributed by atoms with Gasteiger partial charge in [-0.05, 0) is 0 Å². The summed E-state index contributed by atoms with van der Waals surface area (Å²) in [7, 11) is -4.50. The molecular weight excluding hydrogens is 201 g/mol. The monoisotopic (exact) mass is 211 g/mol. The Kier molecular flexibility index (Phi) is 3.05. The summed E-state index contributed by atoms with van der Waals surface area (Å²) in [5.74, 6) is -1.04. The number of carboxylic acids is 1. The molecule has 13 heavy (non-hydrogen) atoms. The minimum absolute atomic E-state index is 0.0699. The summed E-state index contributed by atoms with van der Waals surface area (Å²) in [6.45, 7) is 0.141. The molecule has 0 amide bonds. The molecule has 1 fully saturated rings. The van der Waals surface area contributed by atoms with Crippen molar-refractivity contribution in [3.63, 3.8) is 0 Å². The van der Waals surface area contributed by atoms with Gasteiger partial charge in [0.1, 0.15) is 6.04 Å². The van der Waals surface area contributed by atoms with Gasteiger partial charge in [-0.25, -0.2) is 4.57 Å². The highest BCUT2D eigenvalue weighted by atomic mass is 31.2. The molecule has 2 atom stereocenters.